The molecule has 0 spiro atoms. The predicted octanol–water partition coefficient (Wildman–Crippen LogP) is 2.66. The third-order valence-corrected chi connectivity index (χ3v) is 5.90. The van der Waals surface area contributed by atoms with E-state index < -0.39 is 15.9 Å². The Balaban J connectivity index is 1.71. The van der Waals surface area contributed by atoms with Crippen LogP contribution in [0.5, 0.6) is 11.5 Å². The van der Waals surface area contributed by atoms with Crippen molar-refractivity contribution >= 4 is 21.6 Å². The van der Waals surface area contributed by atoms with Crippen LogP contribution in [0.25, 0.3) is 0 Å². The monoisotopic (exact) mass is 418 g/mol. The minimum atomic E-state index is -3.61. The Morgan fingerprint density at radius 2 is 1.76 bits per heavy atom. The highest BCUT2D eigenvalue weighted by Gasteiger charge is 2.22. The Bertz CT molecular complexity index is 973. The standard InChI is InChI=1S/C21H26N2O5S/c1-4-16-5-8-18(9-6-16)23(29(3,25)26)14-21(24)22-15(2)17-7-10-19-20(13-17)28-12-11-27-19/h5-10,13,15H,4,11-12,14H2,1-3H3,(H,22,24). The largest absolute Gasteiger partial charge is 0.486 e. The quantitative estimate of drug-likeness (QED) is 0.747. The summed E-state index contributed by atoms with van der Waals surface area (Å²) in [5, 5.41) is 2.86. The van der Waals surface area contributed by atoms with Crippen LogP contribution in [0.15, 0.2) is 42.5 Å². The average Bonchev–Trinajstić information content (AvgIpc) is 2.71. The van der Waals surface area contributed by atoms with Crippen LogP contribution in [-0.2, 0) is 21.2 Å². The molecule has 0 aromatic heterocycles. The van der Waals surface area contributed by atoms with Gasteiger partial charge in [0.25, 0.3) is 0 Å². The molecule has 1 amide bonds. The zero-order valence-electron chi connectivity index (χ0n) is 16.8. The molecule has 3 rings (SSSR count). The predicted molar refractivity (Wildman–Crippen MR) is 112 cm³/mol. The van der Waals surface area contributed by atoms with Crippen molar-refractivity contribution in [3.63, 3.8) is 0 Å². The van der Waals surface area contributed by atoms with Crippen LogP contribution in [0.3, 0.4) is 0 Å². The second kappa shape index (κ2) is 8.73. The highest BCUT2D eigenvalue weighted by atomic mass is 32.2. The first-order chi connectivity index (χ1) is 13.8. The Hall–Kier alpha value is -2.74. The minimum Gasteiger partial charge on any atom is -0.486 e. The summed E-state index contributed by atoms with van der Waals surface area (Å²) in [4.78, 5) is 12.6. The van der Waals surface area contributed by atoms with Crippen LogP contribution >= 0.6 is 0 Å². The van der Waals surface area contributed by atoms with Gasteiger partial charge in [0.05, 0.1) is 18.0 Å². The second-order valence-electron chi connectivity index (χ2n) is 6.98. The molecule has 0 radical (unpaired) electrons. The summed E-state index contributed by atoms with van der Waals surface area (Å²) in [5.41, 5.74) is 2.41. The number of carbonyl (C=O) groups is 1. The number of sulfonamides is 1. The van der Waals surface area contributed by atoms with Crippen LogP contribution < -0.4 is 19.1 Å². The zero-order chi connectivity index (χ0) is 21.0. The Labute approximate surface area is 171 Å². The van der Waals surface area contributed by atoms with Crippen LogP contribution in [0.1, 0.15) is 31.0 Å². The van der Waals surface area contributed by atoms with Gasteiger partial charge in [0.1, 0.15) is 19.8 Å². The van der Waals surface area contributed by atoms with Gasteiger partial charge in [0, 0.05) is 0 Å². The molecule has 2 aromatic carbocycles. The molecule has 1 aliphatic heterocycles. The summed E-state index contributed by atoms with van der Waals surface area (Å²) in [6.45, 7) is 4.57. The van der Waals surface area contributed by atoms with E-state index in [-0.39, 0.29) is 12.6 Å². The van der Waals surface area contributed by atoms with Crippen LogP contribution in [-0.4, -0.2) is 40.3 Å². The molecule has 156 valence electrons. The number of aryl methyl sites for hydroxylation is 1. The SMILES string of the molecule is CCc1ccc(N(CC(=O)NC(C)c2ccc3c(c2)OCCO3)S(C)(=O)=O)cc1. The van der Waals surface area contributed by atoms with Crippen LogP contribution in [0.4, 0.5) is 5.69 Å². The van der Waals surface area contributed by atoms with Crippen molar-refractivity contribution in [2.75, 3.05) is 30.3 Å². The van der Waals surface area contributed by atoms with E-state index in [0.717, 1.165) is 28.1 Å². The number of benzene rings is 2. The van der Waals surface area contributed by atoms with Gasteiger partial charge in [-0.25, -0.2) is 8.42 Å². The lowest BCUT2D eigenvalue weighted by Gasteiger charge is -2.24. The van der Waals surface area contributed by atoms with E-state index >= 15 is 0 Å². The number of anilines is 1. The van der Waals surface area contributed by atoms with Crippen molar-refractivity contribution in [2.45, 2.75) is 26.3 Å². The summed E-state index contributed by atoms with van der Waals surface area (Å²) in [5.74, 6) is 0.929. The Morgan fingerprint density at radius 3 is 2.38 bits per heavy atom. The fraction of sp³-hybridized carbons (Fsp3) is 0.381. The van der Waals surface area contributed by atoms with Crippen LogP contribution in [0.2, 0.25) is 0 Å². The molecule has 1 N–H and O–H groups in total. The molecule has 1 heterocycles. The van der Waals surface area contributed by atoms with Gasteiger partial charge in [-0.1, -0.05) is 25.1 Å². The first-order valence-electron chi connectivity index (χ1n) is 9.53. The van der Waals surface area contributed by atoms with Gasteiger partial charge in [-0.05, 0) is 48.7 Å². The first-order valence-corrected chi connectivity index (χ1v) is 11.4. The molecule has 29 heavy (non-hydrogen) atoms. The van der Waals surface area contributed by atoms with Crippen molar-refractivity contribution < 1.29 is 22.7 Å². The zero-order valence-corrected chi connectivity index (χ0v) is 17.7. The van der Waals surface area contributed by atoms with Gasteiger partial charge in [-0.15, -0.1) is 0 Å². The molecule has 1 unspecified atom stereocenters. The molecule has 2 aromatic rings. The molecule has 0 bridgehead atoms. The number of amides is 1. The van der Waals surface area contributed by atoms with Gasteiger partial charge in [-0.2, -0.15) is 0 Å². The summed E-state index contributed by atoms with van der Waals surface area (Å²) < 4.78 is 36.7. The maximum absolute atomic E-state index is 12.6. The number of hydrogen-bond donors (Lipinski definition) is 1. The fourth-order valence-corrected chi connectivity index (χ4v) is 3.98. The molecular formula is C21H26N2O5S. The lowest BCUT2D eigenvalue weighted by atomic mass is 10.1. The number of hydrogen-bond acceptors (Lipinski definition) is 5. The van der Waals surface area contributed by atoms with Crippen LogP contribution in [0, 0.1) is 0 Å². The smallest absolute Gasteiger partial charge is 0.241 e. The van der Waals surface area contributed by atoms with Gasteiger partial charge in [0.2, 0.25) is 15.9 Å². The fourth-order valence-electron chi connectivity index (χ4n) is 3.13. The summed E-state index contributed by atoms with van der Waals surface area (Å²) in [6.07, 6.45) is 1.95. The molecule has 0 aliphatic carbocycles. The molecule has 7 nitrogen and oxygen atoms in total. The van der Waals surface area contributed by atoms with Crippen molar-refractivity contribution in [1.29, 1.82) is 0 Å². The van der Waals surface area contributed by atoms with E-state index in [1.54, 1.807) is 12.1 Å². The summed E-state index contributed by atoms with van der Waals surface area (Å²) in [6, 6.07) is 12.3. The second-order valence-corrected chi connectivity index (χ2v) is 8.89. The number of carbonyl (C=O) groups excluding carboxylic acids is 1. The number of fused-ring (bicyclic) bond motifs is 1. The Morgan fingerprint density at radius 1 is 1.10 bits per heavy atom. The third kappa shape index (κ3) is 5.20. The topological polar surface area (TPSA) is 84.9 Å². The van der Waals surface area contributed by atoms with E-state index in [0.29, 0.717) is 30.4 Å². The minimum absolute atomic E-state index is 0.292. The maximum atomic E-state index is 12.6. The maximum Gasteiger partial charge on any atom is 0.241 e. The molecule has 8 heteroatoms. The molecule has 0 saturated heterocycles. The van der Waals surface area contributed by atoms with Gasteiger partial charge < -0.3 is 14.8 Å². The lowest BCUT2D eigenvalue weighted by molar-refractivity contribution is -0.120. The third-order valence-electron chi connectivity index (χ3n) is 4.76. The van der Waals surface area contributed by atoms with Crippen molar-refractivity contribution in [2.24, 2.45) is 0 Å². The van der Waals surface area contributed by atoms with E-state index in [2.05, 4.69) is 5.32 Å². The van der Waals surface area contributed by atoms with Gasteiger partial charge >= 0.3 is 0 Å². The molecular weight excluding hydrogens is 392 g/mol. The first kappa shape index (κ1) is 21.0. The number of nitrogens with one attached hydrogen (secondary N) is 1. The van der Waals surface area contributed by atoms with Crippen molar-refractivity contribution in [1.82, 2.24) is 5.32 Å². The van der Waals surface area contributed by atoms with E-state index in [1.807, 2.05) is 44.2 Å². The van der Waals surface area contributed by atoms with Gasteiger partial charge in [-0.3, -0.25) is 9.10 Å². The molecule has 1 aliphatic rings. The highest BCUT2D eigenvalue weighted by molar-refractivity contribution is 7.92. The van der Waals surface area contributed by atoms with Crippen molar-refractivity contribution in [3.05, 3.63) is 53.6 Å². The summed E-state index contributed by atoms with van der Waals surface area (Å²) in [7, 11) is -3.61. The average molecular weight is 419 g/mol. The van der Waals surface area contributed by atoms with Crippen molar-refractivity contribution in [3.8, 4) is 11.5 Å². The number of nitrogens with zero attached hydrogens (tertiary/aromatic N) is 1. The van der Waals surface area contributed by atoms with E-state index in [1.165, 1.54) is 0 Å². The van der Waals surface area contributed by atoms with E-state index in [4.69, 9.17) is 9.47 Å². The number of rotatable bonds is 7. The molecule has 0 fully saturated rings. The normalized spacial score (nSPS) is 14.2. The molecule has 0 saturated carbocycles. The van der Waals surface area contributed by atoms with E-state index in [9.17, 15) is 13.2 Å². The number of ether oxygens (including phenoxy) is 2. The lowest BCUT2D eigenvalue weighted by Crippen LogP contribution is -2.41. The Kier molecular flexibility index (Phi) is 6.32. The summed E-state index contributed by atoms with van der Waals surface area (Å²) >= 11 is 0. The van der Waals surface area contributed by atoms with Gasteiger partial charge in [0.15, 0.2) is 11.5 Å². The highest BCUT2D eigenvalue weighted by Crippen LogP contribution is 2.32. The molecule has 1 atom stereocenters.